The maximum atomic E-state index is 12.5. The Morgan fingerprint density at radius 1 is 1.36 bits per heavy atom. The first-order valence-electron chi connectivity index (χ1n) is 7.67. The van der Waals surface area contributed by atoms with Gasteiger partial charge in [0.25, 0.3) is 5.91 Å². The summed E-state index contributed by atoms with van der Waals surface area (Å²) >= 11 is 0. The molecule has 2 rings (SSSR count). The smallest absolute Gasteiger partial charge is 0.347 e. The Labute approximate surface area is 142 Å². The molecule has 2 heterocycles. The lowest BCUT2D eigenvalue weighted by atomic mass is 10.0. The maximum Gasteiger partial charge on any atom is 0.417 e. The summed E-state index contributed by atoms with van der Waals surface area (Å²) in [5, 5.41) is 10.2. The number of rotatable bonds is 6. The molecule has 7 nitrogen and oxygen atoms in total. The normalized spacial score (nSPS) is 13.1. The molecule has 1 amide bonds. The molecule has 0 bridgehead atoms. The third-order valence-electron chi connectivity index (χ3n) is 3.41. The summed E-state index contributed by atoms with van der Waals surface area (Å²) in [6, 6.07) is 1.85. The number of amides is 1. The van der Waals surface area contributed by atoms with Crippen LogP contribution < -0.4 is 11.1 Å². The number of pyridine rings is 1. The van der Waals surface area contributed by atoms with Crippen molar-refractivity contribution in [2.45, 2.75) is 32.5 Å². The van der Waals surface area contributed by atoms with Crippen LogP contribution >= 0.6 is 0 Å². The molecule has 2 aromatic heterocycles. The second-order valence-corrected chi connectivity index (χ2v) is 5.99. The van der Waals surface area contributed by atoms with Gasteiger partial charge in [0.1, 0.15) is 0 Å². The molecule has 3 N–H and O–H groups in total. The SMILES string of the molecule is CC(C)CC(CN)NC(=O)c1cn(-c2ccc(C(F)(F)F)cn2)nn1. The summed E-state index contributed by atoms with van der Waals surface area (Å²) in [6.07, 6.45) is -1.75. The minimum atomic E-state index is -4.47. The van der Waals surface area contributed by atoms with Gasteiger partial charge < -0.3 is 11.1 Å². The molecule has 1 atom stereocenters. The fraction of sp³-hybridized carbons (Fsp3) is 0.467. The second kappa shape index (κ2) is 7.60. The quantitative estimate of drug-likeness (QED) is 0.822. The molecule has 1 unspecified atom stereocenters. The van der Waals surface area contributed by atoms with Gasteiger partial charge in [0.05, 0.1) is 11.8 Å². The molecular formula is C15H19F3N6O. The molecular weight excluding hydrogens is 337 g/mol. The Hall–Kier alpha value is -2.49. The van der Waals surface area contributed by atoms with E-state index in [4.69, 9.17) is 5.73 Å². The van der Waals surface area contributed by atoms with Gasteiger partial charge in [0.15, 0.2) is 11.5 Å². The van der Waals surface area contributed by atoms with Gasteiger partial charge in [0.2, 0.25) is 0 Å². The zero-order valence-electron chi connectivity index (χ0n) is 13.8. The molecule has 0 aliphatic carbocycles. The van der Waals surface area contributed by atoms with E-state index in [0.717, 1.165) is 23.2 Å². The molecule has 0 aliphatic heterocycles. The number of hydrogen-bond acceptors (Lipinski definition) is 5. The number of alkyl halides is 3. The standard InChI is InChI=1S/C15H19F3N6O/c1-9(2)5-11(6-19)21-14(25)12-8-24(23-22-12)13-4-3-10(7-20-13)15(16,17)18/h3-4,7-9,11H,5-6,19H2,1-2H3,(H,21,25). The highest BCUT2D eigenvalue weighted by Crippen LogP contribution is 2.28. The van der Waals surface area contributed by atoms with Crippen LogP contribution in [0.2, 0.25) is 0 Å². The highest BCUT2D eigenvalue weighted by Gasteiger charge is 2.30. The van der Waals surface area contributed by atoms with Crippen molar-refractivity contribution in [1.82, 2.24) is 25.3 Å². The van der Waals surface area contributed by atoms with Gasteiger partial charge in [-0.25, -0.2) is 9.67 Å². The van der Waals surface area contributed by atoms with Gasteiger partial charge in [0, 0.05) is 18.8 Å². The molecule has 136 valence electrons. The van der Waals surface area contributed by atoms with E-state index in [1.54, 1.807) is 0 Å². The molecule has 0 spiro atoms. The lowest BCUT2D eigenvalue weighted by Crippen LogP contribution is -2.41. The van der Waals surface area contributed by atoms with Crippen molar-refractivity contribution in [2.24, 2.45) is 11.7 Å². The maximum absolute atomic E-state index is 12.5. The van der Waals surface area contributed by atoms with E-state index in [1.807, 2.05) is 13.8 Å². The van der Waals surface area contributed by atoms with Gasteiger partial charge in [-0.15, -0.1) is 5.10 Å². The van der Waals surface area contributed by atoms with E-state index < -0.39 is 17.6 Å². The van der Waals surface area contributed by atoms with Crippen molar-refractivity contribution in [2.75, 3.05) is 6.54 Å². The van der Waals surface area contributed by atoms with E-state index in [9.17, 15) is 18.0 Å². The van der Waals surface area contributed by atoms with Gasteiger partial charge in [-0.2, -0.15) is 13.2 Å². The first-order valence-corrected chi connectivity index (χ1v) is 7.67. The molecule has 10 heteroatoms. The lowest BCUT2D eigenvalue weighted by Gasteiger charge is -2.17. The van der Waals surface area contributed by atoms with Gasteiger partial charge in [-0.05, 0) is 24.5 Å². The summed E-state index contributed by atoms with van der Waals surface area (Å²) in [5.74, 6) is 0.0345. The molecule has 25 heavy (non-hydrogen) atoms. The van der Waals surface area contributed by atoms with Gasteiger partial charge >= 0.3 is 6.18 Å². The summed E-state index contributed by atoms with van der Waals surface area (Å²) in [6.45, 7) is 4.32. The van der Waals surface area contributed by atoms with Crippen LogP contribution in [-0.2, 0) is 6.18 Å². The van der Waals surface area contributed by atoms with Crippen molar-refractivity contribution in [3.05, 3.63) is 35.8 Å². The van der Waals surface area contributed by atoms with Crippen LogP contribution in [0.15, 0.2) is 24.5 Å². The topological polar surface area (TPSA) is 98.7 Å². The summed E-state index contributed by atoms with van der Waals surface area (Å²) in [4.78, 5) is 15.9. The van der Waals surface area contributed by atoms with E-state index in [-0.39, 0.29) is 17.6 Å². The molecule has 0 saturated carbocycles. The van der Waals surface area contributed by atoms with E-state index >= 15 is 0 Å². The Morgan fingerprint density at radius 2 is 2.08 bits per heavy atom. The molecule has 2 aromatic rings. The molecule has 0 aliphatic rings. The number of nitrogens with zero attached hydrogens (tertiary/aromatic N) is 4. The minimum Gasteiger partial charge on any atom is -0.347 e. The van der Waals surface area contributed by atoms with Crippen molar-refractivity contribution in [3.8, 4) is 5.82 Å². The average Bonchev–Trinajstić information content (AvgIpc) is 3.03. The third-order valence-corrected chi connectivity index (χ3v) is 3.41. The van der Waals surface area contributed by atoms with E-state index in [2.05, 4.69) is 20.6 Å². The van der Waals surface area contributed by atoms with Crippen LogP contribution in [0.5, 0.6) is 0 Å². The number of nitrogens with one attached hydrogen (secondary N) is 1. The van der Waals surface area contributed by atoms with Crippen LogP contribution in [0.25, 0.3) is 5.82 Å². The number of carbonyl (C=O) groups excluding carboxylic acids is 1. The van der Waals surface area contributed by atoms with Crippen molar-refractivity contribution in [3.63, 3.8) is 0 Å². The fourth-order valence-electron chi connectivity index (χ4n) is 2.21. The van der Waals surface area contributed by atoms with E-state index in [0.29, 0.717) is 18.7 Å². The number of nitrogens with two attached hydrogens (primary N) is 1. The molecule has 0 saturated heterocycles. The van der Waals surface area contributed by atoms with Crippen molar-refractivity contribution < 1.29 is 18.0 Å². The van der Waals surface area contributed by atoms with Crippen LogP contribution in [0.3, 0.4) is 0 Å². The number of halogens is 3. The summed E-state index contributed by atoms with van der Waals surface area (Å²) in [5.41, 5.74) is 4.80. The Balaban J connectivity index is 2.10. The first kappa shape index (κ1) is 18.8. The van der Waals surface area contributed by atoms with Gasteiger partial charge in [-0.1, -0.05) is 19.1 Å². The average molecular weight is 356 g/mol. The van der Waals surface area contributed by atoms with Crippen molar-refractivity contribution >= 4 is 5.91 Å². The second-order valence-electron chi connectivity index (χ2n) is 5.99. The molecule has 0 fully saturated rings. The van der Waals surface area contributed by atoms with E-state index in [1.165, 1.54) is 6.20 Å². The Kier molecular flexibility index (Phi) is 5.73. The summed E-state index contributed by atoms with van der Waals surface area (Å²) in [7, 11) is 0. The Bertz CT molecular complexity index is 711. The predicted molar refractivity (Wildman–Crippen MR) is 83.9 cm³/mol. The van der Waals surface area contributed by atoms with Crippen molar-refractivity contribution in [1.29, 1.82) is 0 Å². The fourth-order valence-corrected chi connectivity index (χ4v) is 2.21. The van der Waals surface area contributed by atoms with Crippen LogP contribution in [0.4, 0.5) is 13.2 Å². The third kappa shape index (κ3) is 4.99. The first-order chi connectivity index (χ1) is 11.7. The summed E-state index contributed by atoms with van der Waals surface area (Å²) < 4.78 is 38.8. The van der Waals surface area contributed by atoms with Gasteiger partial charge in [-0.3, -0.25) is 4.79 Å². The van der Waals surface area contributed by atoms with Crippen LogP contribution in [0, 0.1) is 5.92 Å². The lowest BCUT2D eigenvalue weighted by molar-refractivity contribution is -0.137. The van der Waals surface area contributed by atoms with Crippen LogP contribution in [0.1, 0.15) is 36.3 Å². The molecule has 0 radical (unpaired) electrons. The monoisotopic (exact) mass is 356 g/mol. The predicted octanol–water partition coefficient (Wildman–Crippen LogP) is 1.78. The highest BCUT2D eigenvalue weighted by atomic mass is 19.4. The minimum absolute atomic E-state index is 0.0314. The number of carbonyl (C=O) groups is 1. The number of aromatic nitrogens is 4. The zero-order chi connectivity index (χ0) is 18.6. The number of hydrogen-bond donors (Lipinski definition) is 2. The zero-order valence-corrected chi connectivity index (χ0v) is 13.8. The Morgan fingerprint density at radius 3 is 2.60 bits per heavy atom. The van der Waals surface area contributed by atoms with Crippen LogP contribution in [-0.4, -0.2) is 38.5 Å². The highest BCUT2D eigenvalue weighted by molar-refractivity contribution is 5.92. The largest absolute Gasteiger partial charge is 0.417 e. The molecule has 0 aromatic carbocycles.